The number of carbonyl (C=O) groups is 1. The van der Waals surface area contributed by atoms with Crippen molar-refractivity contribution >= 4 is 40.3 Å². The Morgan fingerprint density at radius 3 is 2.42 bits per heavy atom. The van der Waals surface area contributed by atoms with Gasteiger partial charge < -0.3 is 10.2 Å². The van der Waals surface area contributed by atoms with Gasteiger partial charge in [0.25, 0.3) is 0 Å². The third-order valence-electron chi connectivity index (χ3n) is 2.99. The van der Waals surface area contributed by atoms with E-state index in [0.29, 0.717) is 0 Å². The Morgan fingerprint density at radius 2 is 1.84 bits per heavy atom. The van der Waals surface area contributed by atoms with E-state index in [4.69, 9.17) is 0 Å². The van der Waals surface area contributed by atoms with E-state index in [1.54, 1.807) is 0 Å². The summed E-state index contributed by atoms with van der Waals surface area (Å²) < 4.78 is 1.05. The Hall–Kier alpha value is -0.840. The van der Waals surface area contributed by atoms with Crippen LogP contribution in [0.3, 0.4) is 0 Å². The molecule has 0 unspecified atom stereocenters. The van der Waals surface area contributed by atoms with Crippen LogP contribution in [-0.4, -0.2) is 37.0 Å². The molecule has 19 heavy (non-hydrogen) atoms. The maximum atomic E-state index is 12.2. The van der Waals surface area contributed by atoms with E-state index in [-0.39, 0.29) is 18.3 Å². The van der Waals surface area contributed by atoms with E-state index in [2.05, 4.69) is 21.2 Å². The van der Waals surface area contributed by atoms with E-state index in [0.717, 1.165) is 41.8 Å². The van der Waals surface area contributed by atoms with Gasteiger partial charge in [-0.05, 0) is 30.7 Å². The van der Waals surface area contributed by atoms with Crippen molar-refractivity contribution in [1.82, 2.24) is 10.2 Å². The van der Waals surface area contributed by atoms with Crippen LogP contribution in [-0.2, 0) is 4.79 Å². The molecule has 0 bridgehead atoms. The largest absolute Gasteiger partial charge is 0.336 e. The summed E-state index contributed by atoms with van der Waals surface area (Å²) in [4.78, 5) is 14.1. The standard InChI is InChI=1S/C14H17BrN2O.ClH/c1-11(10-12-2-4-13(15)5-3-12)14(18)17-8-6-16-7-9-17;/h2-5,10,16H,6-9H2,1H3;1H/b11-10+;. The molecule has 3 nitrogen and oxygen atoms in total. The molecule has 1 aromatic rings. The first-order valence-electron chi connectivity index (χ1n) is 6.10. The van der Waals surface area contributed by atoms with Crippen LogP contribution in [0.25, 0.3) is 6.08 Å². The lowest BCUT2D eigenvalue weighted by molar-refractivity contribution is -0.127. The topological polar surface area (TPSA) is 32.3 Å². The summed E-state index contributed by atoms with van der Waals surface area (Å²) in [5.74, 6) is 0.138. The molecule has 5 heteroatoms. The first-order valence-corrected chi connectivity index (χ1v) is 6.90. The fourth-order valence-electron chi connectivity index (χ4n) is 1.99. The van der Waals surface area contributed by atoms with E-state index in [1.807, 2.05) is 42.2 Å². The molecule has 0 aliphatic carbocycles. The third-order valence-corrected chi connectivity index (χ3v) is 3.52. The Kier molecular flexibility index (Phi) is 6.55. The molecule has 1 saturated heterocycles. The zero-order valence-electron chi connectivity index (χ0n) is 10.9. The monoisotopic (exact) mass is 344 g/mol. The summed E-state index contributed by atoms with van der Waals surface area (Å²) in [5, 5.41) is 3.25. The van der Waals surface area contributed by atoms with Crippen molar-refractivity contribution in [2.75, 3.05) is 26.2 Å². The van der Waals surface area contributed by atoms with Gasteiger partial charge in [-0.2, -0.15) is 0 Å². The lowest BCUT2D eigenvalue weighted by atomic mass is 10.1. The summed E-state index contributed by atoms with van der Waals surface area (Å²) >= 11 is 3.40. The van der Waals surface area contributed by atoms with Gasteiger partial charge in [-0.3, -0.25) is 4.79 Å². The highest BCUT2D eigenvalue weighted by Crippen LogP contribution is 2.14. The van der Waals surface area contributed by atoms with Crippen molar-refractivity contribution in [3.05, 3.63) is 39.9 Å². The van der Waals surface area contributed by atoms with Gasteiger partial charge in [-0.1, -0.05) is 28.1 Å². The quantitative estimate of drug-likeness (QED) is 0.836. The average molecular weight is 346 g/mol. The summed E-state index contributed by atoms with van der Waals surface area (Å²) in [6.07, 6.45) is 1.94. The molecule has 1 aliphatic heterocycles. The first-order chi connectivity index (χ1) is 8.66. The zero-order chi connectivity index (χ0) is 13.0. The number of nitrogens with one attached hydrogen (secondary N) is 1. The molecule has 2 rings (SSSR count). The van der Waals surface area contributed by atoms with Gasteiger partial charge in [0, 0.05) is 36.2 Å². The molecule has 0 atom stereocenters. The first kappa shape index (κ1) is 16.2. The molecule has 1 aromatic carbocycles. The number of hydrogen-bond acceptors (Lipinski definition) is 2. The van der Waals surface area contributed by atoms with E-state index in [1.165, 1.54) is 0 Å². The third kappa shape index (κ3) is 4.64. The van der Waals surface area contributed by atoms with Crippen LogP contribution in [0.5, 0.6) is 0 Å². The molecule has 0 saturated carbocycles. The van der Waals surface area contributed by atoms with Crippen LogP contribution < -0.4 is 5.32 Å². The number of carbonyl (C=O) groups excluding carboxylic acids is 1. The normalized spacial score (nSPS) is 15.9. The number of nitrogens with zero attached hydrogens (tertiary/aromatic N) is 1. The fourth-order valence-corrected chi connectivity index (χ4v) is 2.25. The predicted molar refractivity (Wildman–Crippen MR) is 84.5 cm³/mol. The minimum atomic E-state index is 0. The van der Waals surface area contributed by atoms with Gasteiger partial charge in [0.1, 0.15) is 0 Å². The number of rotatable bonds is 2. The average Bonchev–Trinajstić information content (AvgIpc) is 2.41. The predicted octanol–water partition coefficient (Wildman–Crippen LogP) is 2.71. The van der Waals surface area contributed by atoms with Crippen molar-refractivity contribution in [3.8, 4) is 0 Å². The summed E-state index contributed by atoms with van der Waals surface area (Å²) in [5.41, 5.74) is 1.85. The minimum Gasteiger partial charge on any atom is -0.336 e. The van der Waals surface area contributed by atoms with E-state index in [9.17, 15) is 4.79 Å². The number of halogens is 2. The smallest absolute Gasteiger partial charge is 0.249 e. The van der Waals surface area contributed by atoms with Crippen molar-refractivity contribution in [2.45, 2.75) is 6.92 Å². The van der Waals surface area contributed by atoms with Crippen molar-refractivity contribution in [1.29, 1.82) is 0 Å². The van der Waals surface area contributed by atoms with Crippen LogP contribution in [0.2, 0.25) is 0 Å². The van der Waals surface area contributed by atoms with Crippen LogP contribution in [0.15, 0.2) is 34.3 Å². The Labute approximate surface area is 128 Å². The molecule has 1 amide bonds. The Bertz CT molecular complexity index is 453. The lowest BCUT2D eigenvalue weighted by Crippen LogP contribution is -2.46. The lowest BCUT2D eigenvalue weighted by Gasteiger charge is -2.27. The van der Waals surface area contributed by atoms with Crippen molar-refractivity contribution in [2.24, 2.45) is 0 Å². The molecule has 0 aromatic heterocycles. The second-order valence-electron chi connectivity index (χ2n) is 4.42. The van der Waals surface area contributed by atoms with Gasteiger partial charge >= 0.3 is 0 Å². The number of benzene rings is 1. The summed E-state index contributed by atoms with van der Waals surface area (Å²) in [6.45, 7) is 5.25. The molecular weight excluding hydrogens is 328 g/mol. The molecule has 1 heterocycles. The van der Waals surface area contributed by atoms with Gasteiger partial charge in [0.15, 0.2) is 0 Å². The molecule has 0 radical (unpaired) electrons. The molecule has 0 spiro atoms. The molecular formula is C14H18BrClN2O. The highest BCUT2D eigenvalue weighted by Gasteiger charge is 2.17. The van der Waals surface area contributed by atoms with Crippen LogP contribution in [0.1, 0.15) is 12.5 Å². The maximum Gasteiger partial charge on any atom is 0.249 e. The second-order valence-corrected chi connectivity index (χ2v) is 5.34. The zero-order valence-corrected chi connectivity index (χ0v) is 13.3. The van der Waals surface area contributed by atoms with Crippen molar-refractivity contribution in [3.63, 3.8) is 0 Å². The maximum absolute atomic E-state index is 12.2. The molecule has 1 aliphatic rings. The van der Waals surface area contributed by atoms with Crippen LogP contribution in [0.4, 0.5) is 0 Å². The molecule has 1 fully saturated rings. The SMILES string of the molecule is C/C(=C\c1ccc(Br)cc1)C(=O)N1CCNCC1.Cl. The summed E-state index contributed by atoms with van der Waals surface area (Å²) in [6, 6.07) is 7.96. The fraction of sp³-hybridized carbons (Fsp3) is 0.357. The van der Waals surface area contributed by atoms with Crippen molar-refractivity contribution < 1.29 is 4.79 Å². The van der Waals surface area contributed by atoms with Gasteiger partial charge in [0.2, 0.25) is 5.91 Å². The van der Waals surface area contributed by atoms with Gasteiger partial charge in [-0.25, -0.2) is 0 Å². The van der Waals surface area contributed by atoms with Crippen LogP contribution >= 0.6 is 28.3 Å². The van der Waals surface area contributed by atoms with E-state index < -0.39 is 0 Å². The second kappa shape index (κ2) is 7.68. The number of hydrogen-bond donors (Lipinski definition) is 1. The Balaban J connectivity index is 0.00000180. The minimum absolute atomic E-state index is 0. The van der Waals surface area contributed by atoms with Gasteiger partial charge in [-0.15, -0.1) is 12.4 Å². The molecule has 1 N–H and O–H groups in total. The molecule has 104 valence electrons. The van der Waals surface area contributed by atoms with Gasteiger partial charge in [0.05, 0.1) is 0 Å². The number of amides is 1. The van der Waals surface area contributed by atoms with Crippen LogP contribution in [0, 0.1) is 0 Å². The summed E-state index contributed by atoms with van der Waals surface area (Å²) in [7, 11) is 0. The number of piperazine rings is 1. The highest BCUT2D eigenvalue weighted by molar-refractivity contribution is 9.10. The Morgan fingerprint density at radius 1 is 1.26 bits per heavy atom. The van der Waals surface area contributed by atoms with E-state index >= 15 is 0 Å². The highest BCUT2D eigenvalue weighted by atomic mass is 79.9.